The highest BCUT2D eigenvalue weighted by Gasteiger charge is 2.31. The van der Waals surface area contributed by atoms with E-state index in [1.165, 1.54) is 10.4 Å². The van der Waals surface area contributed by atoms with Gasteiger partial charge in [0, 0.05) is 32.7 Å². The summed E-state index contributed by atoms with van der Waals surface area (Å²) in [5, 5.41) is 3.12. The fraction of sp³-hybridized carbons (Fsp3) is 0.435. The number of carbonyl (C=O) groups excluding carboxylic acids is 1. The first-order chi connectivity index (χ1) is 15.1. The van der Waals surface area contributed by atoms with Crippen molar-refractivity contribution in [3.05, 3.63) is 64.7 Å². The number of piperazine rings is 1. The fourth-order valence-electron chi connectivity index (χ4n) is 3.34. The molecule has 1 aliphatic rings. The van der Waals surface area contributed by atoms with Crippen molar-refractivity contribution >= 4 is 27.7 Å². The topological polar surface area (TPSA) is 79.0 Å². The molecule has 2 aromatic carbocycles. The maximum Gasteiger partial charge on any atom is 0.317 e. The highest BCUT2D eigenvalue weighted by Crippen LogP contribution is 2.25. The molecule has 0 atom stereocenters. The molecular weight excluding hydrogens is 450 g/mol. The largest absolute Gasteiger partial charge is 0.371 e. The van der Waals surface area contributed by atoms with Crippen LogP contribution in [0, 0.1) is 0 Å². The third kappa shape index (κ3) is 6.45. The van der Waals surface area contributed by atoms with E-state index in [0.29, 0.717) is 26.2 Å². The van der Waals surface area contributed by atoms with E-state index in [-0.39, 0.29) is 34.6 Å². The molecule has 0 bridgehead atoms. The van der Waals surface area contributed by atoms with Crippen LogP contribution in [0.2, 0.25) is 5.02 Å². The van der Waals surface area contributed by atoms with Gasteiger partial charge in [-0.25, -0.2) is 13.2 Å². The molecule has 3 rings (SSSR count). The number of ether oxygens (including phenoxy) is 1. The van der Waals surface area contributed by atoms with Crippen molar-refractivity contribution < 1.29 is 17.9 Å². The van der Waals surface area contributed by atoms with Crippen LogP contribution in [0.3, 0.4) is 0 Å². The van der Waals surface area contributed by atoms with E-state index in [1.807, 2.05) is 45.0 Å². The molecule has 1 heterocycles. The summed E-state index contributed by atoms with van der Waals surface area (Å²) in [7, 11) is -3.69. The van der Waals surface area contributed by atoms with Gasteiger partial charge in [0.05, 0.1) is 17.2 Å². The Morgan fingerprint density at radius 3 is 2.34 bits per heavy atom. The average Bonchev–Trinajstić information content (AvgIpc) is 2.76. The molecule has 0 aliphatic carbocycles. The smallest absolute Gasteiger partial charge is 0.317 e. The van der Waals surface area contributed by atoms with Crippen LogP contribution in [0.25, 0.3) is 0 Å². The van der Waals surface area contributed by atoms with Gasteiger partial charge in [-0.1, -0.05) is 48.0 Å². The third-order valence-electron chi connectivity index (χ3n) is 5.09. The summed E-state index contributed by atoms with van der Waals surface area (Å²) in [6.45, 7) is 8.00. The molecule has 1 saturated heterocycles. The lowest BCUT2D eigenvalue weighted by Crippen LogP contribution is -2.53. The van der Waals surface area contributed by atoms with Crippen LogP contribution in [0.15, 0.2) is 53.4 Å². The zero-order valence-corrected chi connectivity index (χ0v) is 20.2. The van der Waals surface area contributed by atoms with Crippen LogP contribution in [-0.2, 0) is 27.9 Å². The molecule has 1 fully saturated rings. The lowest BCUT2D eigenvalue weighted by atomic mass is 10.1. The highest BCUT2D eigenvalue weighted by molar-refractivity contribution is 7.89. The Morgan fingerprint density at radius 1 is 1.03 bits per heavy atom. The minimum absolute atomic E-state index is 0.0925. The maximum absolute atomic E-state index is 12.9. The number of nitrogens with one attached hydrogen (secondary N) is 1. The monoisotopic (exact) mass is 479 g/mol. The molecule has 1 aliphatic heterocycles. The predicted octanol–water partition coefficient (Wildman–Crippen LogP) is 3.87. The van der Waals surface area contributed by atoms with Crippen LogP contribution in [0.4, 0.5) is 4.79 Å². The lowest BCUT2D eigenvalue weighted by molar-refractivity contribution is -0.0149. The Hall–Kier alpha value is -2.13. The number of urea groups is 1. The fourth-order valence-corrected chi connectivity index (χ4v) is 5.26. The molecule has 0 unspecified atom stereocenters. The maximum atomic E-state index is 12.9. The number of benzene rings is 2. The van der Waals surface area contributed by atoms with Gasteiger partial charge in [0.1, 0.15) is 4.90 Å². The van der Waals surface area contributed by atoms with Gasteiger partial charge in [0.2, 0.25) is 10.0 Å². The summed E-state index contributed by atoms with van der Waals surface area (Å²) >= 11 is 6.07. The van der Waals surface area contributed by atoms with Crippen LogP contribution in [-0.4, -0.2) is 55.4 Å². The molecule has 2 amide bonds. The van der Waals surface area contributed by atoms with Crippen molar-refractivity contribution in [3.8, 4) is 0 Å². The summed E-state index contributed by atoms with van der Waals surface area (Å²) < 4.78 is 32.9. The van der Waals surface area contributed by atoms with Crippen LogP contribution in [0.5, 0.6) is 0 Å². The molecule has 0 spiro atoms. The number of halogens is 1. The SMILES string of the molecule is CC(C)(C)OCc1cccc(CNC(=O)N2CCN(S(=O)(=O)c3ccccc3Cl)CC2)c1. The molecular formula is C23H30ClN3O4S. The van der Waals surface area contributed by atoms with Gasteiger partial charge in [-0.2, -0.15) is 4.31 Å². The van der Waals surface area contributed by atoms with Crippen molar-refractivity contribution in [2.75, 3.05) is 26.2 Å². The van der Waals surface area contributed by atoms with Gasteiger partial charge < -0.3 is 15.0 Å². The molecule has 0 radical (unpaired) electrons. The van der Waals surface area contributed by atoms with Crippen LogP contribution < -0.4 is 5.32 Å². The minimum atomic E-state index is -3.69. The molecule has 0 saturated carbocycles. The zero-order chi connectivity index (χ0) is 23.4. The Bertz CT molecular complexity index is 1050. The first-order valence-corrected chi connectivity index (χ1v) is 12.4. The Labute approximate surface area is 195 Å². The van der Waals surface area contributed by atoms with E-state index < -0.39 is 10.0 Å². The van der Waals surface area contributed by atoms with Gasteiger partial charge in [0.15, 0.2) is 0 Å². The Balaban J connectivity index is 1.52. The van der Waals surface area contributed by atoms with Gasteiger partial charge in [0.25, 0.3) is 0 Å². The first-order valence-electron chi connectivity index (χ1n) is 10.6. The quantitative estimate of drug-likeness (QED) is 0.682. The van der Waals surface area contributed by atoms with E-state index >= 15 is 0 Å². The van der Waals surface area contributed by atoms with Gasteiger partial charge in [-0.05, 0) is 44.0 Å². The van der Waals surface area contributed by atoms with Crippen LogP contribution >= 0.6 is 11.6 Å². The highest BCUT2D eigenvalue weighted by atomic mass is 35.5. The van der Waals surface area contributed by atoms with Crippen molar-refractivity contribution in [1.29, 1.82) is 0 Å². The van der Waals surface area contributed by atoms with E-state index in [1.54, 1.807) is 23.1 Å². The third-order valence-corrected chi connectivity index (χ3v) is 7.49. The number of nitrogens with zero attached hydrogens (tertiary/aromatic N) is 2. The van der Waals surface area contributed by atoms with Gasteiger partial charge >= 0.3 is 6.03 Å². The van der Waals surface area contributed by atoms with E-state index in [4.69, 9.17) is 16.3 Å². The second kappa shape index (κ2) is 10.2. The van der Waals surface area contributed by atoms with Crippen LogP contribution in [0.1, 0.15) is 31.9 Å². The second-order valence-electron chi connectivity index (χ2n) is 8.70. The molecule has 174 valence electrons. The summed E-state index contributed by atoms with van der Waals surface area (Å²) in [4.78, 5) is 14.3. The Kier molecular flexibility index (Phi) is 7.82. The summed E-state index contributed by atoms with van der Waals surface area (Å²) in [6, 6.07) is 14.1. The molecule has 7 nitrogen and oxygen atoms in total. The summed E-state index contributed by atoms with van der Waals surface area (Å²) in [5.74, 6) is 0. The molecule has 0 aromatic heterocycles. The number of rotatable bonds is 6. The zero-order valence-electron chi connectivity index (χ0n) is 18.7. The number of hydrogen-bond donors (Lipinski definition) is 1. The standard InChI is InChI=1S/C23H30ClN3O4S/c1-23(2,3)31-17-19-8-6-7-18(15-19)16-25-22(28)26-11-13-27(14-12-26)32(29,30)21-10-5-4-9-20(21)24/h4-10,15H,11-14,16-17H2,1-3H3,(H,25,28). The van der Waals surface area contributed by atoms with Crippen molar-refractivity contribution in [2.45, 2.75) is 44.4 Å². The van der Waals surface area contributed by atoms with Gasteiger partial charge in [-0.3, -0.25) is 0 Å². The number of sulfonamides is 1. The number of amides is 2. The van der Waals surface area contributed by atoms with E-state index in [9.17, 15) is 13.2 Å². The lowest BCUT2D eigenvalue weighted by Gasteiger charge is -2.34. The second-order valence-corrected chi connectivity index (χ2v) is 11.0. The van der Waals surface area contributed by atoms with E-state index in [0.717, 1.165) is 11.1 Å². The Morgan fingerprint density at radius 2 is 1.69 bits per heavy atom. The molecule has 32 heavy (non-hydrogen) atoms. The average molecular weight is 480 g/mol. The molecule has 9 heteroatoms. The first kappa shape index (κ1) is 24.5. The molecule has 1 N–H and O–H groups in total. The summed E-state index contributed by atoms with van der Waals surface area (Å²) in [5.41, 5.74) is 1.81. The van der Waals surface area contributed by atoms with Crippen molar-refractivity contribution in [3.63, 3.8) is 0 Å². The van der Waals surface area contributed by atoms with Crippen molar-refractivity contribution in [2.24, 2.45) is 0 Å². The van der Waals surface area contributed by atoms with Gasteiger partial charge in [-0.15, -0.1) is 0 Å². The molecule has 2 aromatic rings. The normalized spacial score (nSPS) is 15.6. The number of carbonyl (C=O) groups is 1. The predicted molar refractivity (Wildman–Crippen MR) is 125 cm³/mol. The minimum Gasteiger partial charge on any atom is -0.371 e. The number of hydrogen-bond acceptors (Lipinski definition) is 4. The summed E-state index contributed by atoms with van der Waals surface area (Å²) in [6.07, 6.45) is 0. The van der Waals surface area contributed by atoms with Crippen molar-refractivity contribution in [1.82, 2.24) is 14.5 Å². The van der Waals surface area contributed by atoms with E-state index in [2.05, 4.69) is 5.32 Å².